The third-order valence-electron chi connectivity index (χ3n) is 4.83. The number of hydrogen-bond acceptors (Lipinski definition) is 6. The Morgan fingerprint density at radius 1 is 0.923 bits per heavy atom. The summed E-state index contributed by atoms with van der Waals surface area (Å²) in [5.74, 6) is -0.122. The summed E-state index contributed by atoms with van der Waals surface area (Å²) in [7, 11) is 0. The molecule has 1 fully saturated rings. The number of carbonyl (C=O) groups excluding carboxylic acids is 2. The maximum atomic E-state index is 11.9. The third-order valence-corrected chi connectivity index (χ3v) is 4.83. The van der Waals surface area contributed by atoms with Crippen LogP contribution in [0.3, 0.4) is 0 Å². The van der Waals surface area contributed by atoms with Crippen LogP contribution >= 0.6 is 0 Å². The summed E-state index contributed by atoms with van der Waals surface area (Å²) in [6.45, 7) is 10.4. The lowest BCUT2D eigenvalue weighted by molar-refractivity contribution is -0.453. The second kappa shape index (κ2) is 8.54. The number of hydrogen-bond donors (Lipinski definition) is 0. The zero-order valence-electron chi connectivity index (χ0n) is 16.2. The van der Waals surface area contributed by atoms with Crippen LogP contribution < -0.4 is 0 Å². The van der Waals surface area contributed by atoms with Crippen molar-refractivity contribution >= 4 is 12.1 Å². The minimum Gasteiger partial charge on any atom is -0.429 e. The van der Waals surface area contributed by atoms with E-state index in [1.807, 2.05) is 19.9 Å². The molecule has 6 heteroatoms. The predicted octanol–water partition coefficient (Wildman–Crippen LogP) is 5.06. The lowest BCUT2D eigenvalue weighted by Crippen LogP contribution is -2.30. The fraction of sp³-hybridized carbons (Fsp3) is 0.600. The summed E-state index contributed by atoms with van der Waals surface area (Å²) in [4.78, 5) is 32.4. The summed E-state index contributed by atoms with van der Waals surface area (Å²) < 4.78 is 5.20. The number of carbonyl (C=O) groups is 2. The van der Waals surface area contributed by atoms with Crippen molar-refractivity contribution in [1.82, 2.24) is 0 Å². The minimum atomic E-state index is -1.00. The van der Waals surface area contributed by atoms with Gasteiger partial charge in [0.2, 0.25) is 0 Å². The van der Waals surface area contributed by atoms with Crippen LogP contribution in [0.15, 0.2) is 18.2 Å². The Morgan fingerprint density at radius 2 is 1.50 bits per heavy atom. The molecular formula is C20H28O6. The van der Waals surface area contributed by atoms with Crippen LogP contribution in [0, 0.1) is 25.2 Å². The van der Waals surface area contributed by atoms with Gasteiger partial charge in [-0.15, -0.1) is 0 Å². The van der Waals surface area contributed by atoms with E-state index < -0.39 is 12.1 Å². The smallest absolute Gasteiger partial charge is 0.429 e. The molecule has 6 nitrogen and oxygen atoms in total. The van der Waals surface area contributed by atoms with Crippen molar-refractivity contribution < 1.29 is 29.1 Å². The van der Waals surface area contributed by atoms with Crippen LogP contribution in [0.25, 0.3) is 0 Å². The molecule has 1 aliphatic rings. The van der Waals surface area contributed by atoms with Crippen molar-refractivity contribution in [1.29, 1.82) is 0 Å². The molecule has 2 rings (SSSR count). The molecule has 0 aromatic heterocycles. The van der Waals surface area contributed by atoms with Crippen molar-refractivity contribution in [3.8, 4) is 0 Å². The highest BCUT2D eigenvalue weighted by molar-refractivity contribution is 5.89. The lowest BCUT2D eigenvalue weighted by atomic mass is 9.72. The quantitative estimate of drug-likeness (QED) is 0.422. The van der Waals surface area contributed by atoms with Gasteiger partial charge >= 0.3 is 12.1 Å². The Balaban J connectivity index is 1.70. The molecule has 1 aromatic carbocycles. The number of rotatable bonds is 4. The van der Waals surface area contributed by atoms with Crippen molar-refractivity contribution in [2.45, 2.75) is 66.4 Å². The molecule has 26 heavy (non-hydrogen) atoms. The fourth-order valence-corrected chi connectivity index (χ4v) is 3.42. The van der Waals surface area contributed by atoms with E-state index in [9.17, 15) is 9.59 Å². The Bertz CT molecular complexity index is 618. The predicted molar refractivity (Wildman–Crippen MR) is 95.2 cm³/mol. The summed E-state index contributed by atoms with van der Waals surface area (Å²) in [6, 6.07) is 5.25. The van der Waals surface area contributed by atoms with Crippen LogP contribution in [0.2, 0.25) is 0 Å². The van der Waals surface area contributed by atoms with Gasteiger partial charge in [0.1, 0.15) is 6.10 Å². The largest absolute Gasteiger partial charge is 0.543 e. The van der Waals surface area contributed by atoms with E-state index in [2.05, 4.69) is 35.6 Å². The Morgan fingerprint density at radius 3 is 2.04 bits per heavy atom. The first-order chi connectivity index (χ1) is 12.1. The second-order valence-electron chi connectivity index (χ2n) is 8.11. The van der Waals surface area contributed by atoms with Crippen molar-refractivity contribution in [2.75, 3.05) is 0 Å². The molecule has 0 heterocycles. The van der Waals surface area contributed by atoms with Gasteiger partial charge in [-0.1, -0.05) is 38.0 Å². The molecule has 0 radical (unpaired) electrons. The van der Waals surface area contributed by atoms with Gasteiger partial charge in [-0.05, 0) is 63.0 Å². The van der Waals surface area contributed by atoms with Gasteiger partial charge in [-0.2, -0.15) is 0 Å². The zero-order chi connectivity index (χ0) is 19.3. The SMILES string of the molecule is Cc1cc(C)cc(C(=O)OOOC(=O)OC2CCC(C(C)(C)C)CC2)c1. The Labute approximate surface area is 154 Å². The molecule has 0 bridgehead atoms. The van der Waals surface area contributed by atoms with Crippen LogP contribution in [-0.4, -0.2) is 18.2 Å². The standard InChI is InChI=1S/C20H28O6/c1-13-10-14(2)12-15(11-13)18(21)24-26-25-19(22)23-17-8-6-16(7-9-17)20(3,4)5/h10-12,16-17H,6-9H2,1-5H3. The van der Waals surface area contributed by atoms with Crippen LogP contribution in [0.1, 0.15) is 67.9 Å². The maximum Gasteiger partial charge on any atom is 0.543 e. The molecule has 0 amide bonds. The number of ether oxygens (including phenoxy) is 1. The second-order valence-corrected chi connectivity index (χ2v) is 8.11. The molecule has 0 atom stereocenters. The first-order valence-electron chi connectivity index (χ1n) is 8.99. The van der Waals surface area contributed by atoms with Crippen molar-refractivity contribution in [3.63, 3.8) is 0 Å². The monoisotopic (exact) mass is 364 g/mol. The van der Waals surface area contributed by atoms with Gasteiger partial charge in [0.15, 0.2) is 0 Å². The van der Waals surface area contributed by atoms with E-state index in [0.29, 0.717) is 11.5 Å². The maximum absolute atomic E-state index is 11.9. The molecular weight excluding hydrogens is 336 g/mol. The van der Waals surface area contributed by atoms with E-state index in [1.54, 1.807) is 12.1 Å². The fourth-order valence-electron chi connectivity index (χ4n) is 3.42. The van der Waals surface area contributed by atoms with Crippen LogP contribution in [0.4, 0.5) is 4.79 Å². The summed E-state index contributed by atoms with van der Waals surface area (Å²) in [5, 5.41) is 4.28. The summed E-state index contributed by atoms with van der Waals surface area (Å²) in [5.41, 5.74) is 2.42. The van der Waals surface area contributed by atoms with E-state index in [4.69, 9.17) is 4.74 Å². The first kappa shape index (κ1) is 20.2. The summed E-state index contributed by atoms with van der Waals surface area (Å²) in [6.07, 6.45) is 2.39. The average Bonchev–Trinajstić information content (AvgIpc) is 2.53. The zero-order valence-corrected chi connectivity index (χ0v) is 16.2. The molecule has 0 N–H and O–H groups in total. The van der Waals surface area contributed by atoms with E-state index in [1.165, 1.54) is 0 Å². The summed E-state index contributed by atoms with van der Waals surface area (Å²) >= 11 is 0. The third kappa shape index (κ3) is 6.02. The van der Waals surface area contributed by atoms with Gasteiger partial charge in [0.05, 0.1) is 10.6 Å². The molecule has 0 saturated heterocycles. The average molecular weight is 364 g/mol. The van der Waals surface area contributed by atoms with Gasteiger partial charge in [-0.25, -0.2) is 14.5 Å². The van der Waals surface area contributed by atoms with Gasteiger partial charge in [0.25, 0.3) is 0 Å². The molecule has 1 aliphatic carbocycles. The van der Waals surface area contributed by atoms with Crippen LogP contribution in [-0.2, 0) is 19.6 Å². The van der Waals surface area contributed by atoms with E-state index in [-0.39, 0.29) is 11.5 Å². The topological polar surface area (TPSA) is 71.1 Å². The minimum absolute atomic E-state index is 0.195. The number of aryl methyl sites for hydroxylation is 2. The first-order valence-corrected chi connectivity index (χ1v) is 8.99. The molecule has 0 unspecified atom stereocenters. The molecule has 0 aliphatic heterocycles. The lowest BCUT2D eigenvalue weighted by Gasteiger charge is -2.36. The highest BCUT2D eigenvalue weighted by Gasteiger charge is 2.31. The van der Waals surface area contributed by atoms with Gasteiger partial charge in [-0.3, -0.25) is 4.89 Å². The molecule has 1 aromatic rings. The van der Waals surface area contributed by atoms with Gasteiger partial charge in [0, 0.05) is 0 Å². The number of benzene rings is 1. The van der Waals surface area contributed by atoms with Gasteiger partial charge < -0.3 is 4.74 Å². The molecule has 1 saturated carbocycles. The van der Waals surface area contributed by atoms with E-state index >= 15 is 0 Å². The van der Waals surface area contributed by atoms with Crippen LogP contribution in [0.5, 0.6) is 0 Å². The van der Waals surface area contributed by atoms with Crippen molar-refractivity contribution in [3.05, 3.63) is 34.9 Å². The Hall–Kier alpha value is -2.08. The molecule has 144 valence electrons. The highest BCUT2D eigenvalue weighted by Crippen LogP contribution is 2.38. The Kier molecular flexibility index (Phi) is 6.64. The van der Waals surface area contributed by atoms with Crippen molar-refractivity contribution in [2.24, 2.45) is 11.3 Å². The normalized spacial score (nSPS) is 20.3. The van der Waals surface area contributed by atoms with E-state index in [0.717, 1.165) is 36.8 Å². The molecule has 0 spiro atoms. The highest BCUT2D eigenvalue weighted by atomic mass is 17.5.